The molecule has 1 saturated heterocycles. The minimum Gasteiger partial charge on any atom is -0.366 e. The van der Waals surface area contributed by atoms with Gasteiger partial charge in [0.25, 0.3) is 11.8 Å². The van der Waals surface area contributed by atoms with Crippen molar-refractivity contribution in [1.82, 2.24) is 15.5 Å². The molecule has 0 radical (unpaired) electrons. The molecule has 1 unspecified atom stereocenters. The highest BCUT2D eigenvalue weighted by atomic mass is 16.2. The summed E-state index contributed by atoms with van der Waals surface area (Å²) in [5, 5.41) is 5.62. The fourth-order valence-corrected chi connectivity index (χ4v) is 5.15. The van der Waals surface area contributed by atoms with Crippen LogP contribution in [0.4, 0.5) is 5.69 Å². The fraction of sp³-hybridized carbons (Fsp3) is 0.333. The lowest BCUT2D eigenvalue weighted by atomic mass is 10.0. The van der Waals surface area contributed by atoms with E-state index in [1.807, 2.05) is 32.3 Å². The van der Waals surface area contributed by atoms with Crippen LogP contribution in [0.15, 0.2) is 42.5 Å². The fourth-order valence-electron chi connectivity index (χ4n) is 5.15. The Hall–Kier alpha value is -3.52. The van der Waals surface area contributed by atoms with Crippen LogP contribution in [0.1, 0.15) is 50.7 Å². The van der Waals surface area contributed by atoms with Crippen molar-refractivity contribution in [1.29, 1.82) is 0 Å². The van der Waals surface area contributed by atoms with Crippen molar-refractivity contribution in [3.63, 3.8) is 0 Å². The van der Waals surface area contributed by atoms with E-state index in [-0.39, 0.29) is 42.0 Å². The number of likely N-dealkylation sites (N-methyl/N-ethyl adjacent to an activating group) is 2. The second kappa shape index (κ2) is 7.56. The minimum absolute atomic E-state index is 0.0766. The number of amides is 4. The monoisotopic (exact) mass is 432 g/mol. The molecule has 2 aromatic rings. The van der Waals surface area contributed by atoms with Gasteiger partial charge in [0.15, 0.2) is 0 Å². The summed E-state index contributed by atoms with van der Waals surface area (Å²) < 4.78 is 0. The normalized spacial score (nSPS) is 24.4. The average molecular weight is 432 g/mol. The Labute approximate surface area is 185 Å². The predicted molar refractivity (Wildman–Crippen MR) is 117 cm³/mol. The SMILES string of the molecule is CN[C@@H]1Cc2ccccc2[C@@H]1N(C)c1ccc2c(c1)C(=O)N(C1CCC(=O)NC1=O)C2=O. The molecular formula is C24H24N4O4. The molecule has 0 spiro atoms. The third kappa shape index (κ3) is 3.02. The standard InChI is InChI=1S/C24H24N4O4/c1-25-18-11-13-5-3-4-6-15(13)21(18)27(2)14-7-8-16-17(12-14)24(32)28(23(16)31)19-9-10-20(29)26-22(19)30/h3-8,12,18-19,21,25H,9-11H2,1-2H3,(H,26,29,30)/t18-,19?,21+/m1/s1. The summed E-state index contributed by atoms with van der Waals surface area (Å²) in [5.41, 5.74) is 3.92. The largest absolute Gasteiger partial charge is 0.366 e. The summed E-state index contributed by atoms with van der Waals surface area (Å²) in [6.45, 7) is 0. The van der Waals surface area contributed by atoms with E-state index in [9.17, 15) is 19.2 Å². The molecule has 3 aliphatic rings. The summed E-state index contributed by atoms with van der Waals surface area (Å²) in [6.07, 6.45) is 1.16. The van der Waals surface area contributed by atoms with E-state index in [1.165, 1.54) is 11.1 Å². The molecule has 0 aromatic heterocycles. The van der Waals surface area contributed by atoms with Gasteiger partial charge in [-0.3, -0.25) is 29.4 Å². The Morgan fingerprint density at radius 1 is 1.03 bits per heavy atom. The van der Waals surface area contributed by atoms with Gasteiger partial charge in [-0.2, -0.15) is 0 Å². The van der Waals surface area contributed by atoms with Gasteiger partial charge in [0.1, 0.15) is 6.04 Å². The molecule has 8 heteroatoms. The Morgan fingerprint density at radius 2 is 1.78 bits per heavy atom. The third-order valence-corrected chi connectivity index (χ3v) is 6.81. The second-order valence-corrected chi connectivity index (χ2v) is 8.53. The molecule has 8 nitrogen and oxygen atoms in total. The van der Waals surface area contributed by atoms with Crippen LogP contribution in [-0.2, 0) is 16.0 Å². The van der Waals surface area contributed by atoms with Gasteiger partial charge in [-0.15, -0.1) is 0 Å². The topological polar surface area (TPSA) is 98.8 Å². The number of hydrogen-bond acceptors (Lipinski definition) is 6. The lowest BCUT2D eigenvalue weighted by Gasteiger charge is -2.32. The predicted octanol–water partition coefficient (Wildman–Crippen LogP) is 1.41. The number of nitrogens with zero attached hydrogens (tertiary/aromatic N) is 2. The Balaban J connectivity index is 1.46. The molecule has 2 heterocycles. The van der Waals surface area contributed by atoms with Crippen LogP contribution in [0.2, 0.25) is 0 Å². The molecule has 4 amide bonds. The number of fused-ring (bicyclic) bond motifs is 2. The Morgan fingerprint density at radius 3 is 2.53 bits per heavy atom. The number of carbonyl (C=O) groups is 4. The maximum absolute atomic E-state index is 13.2. The van der Waals surface area contributed by atoms with Crippen molar-refractivity contribution in [2.45, 2.75) is 37.4 Å². The quantitative estimate of drug-likeness (QED) is 0.709. The summed E-state index contributed by atoms with van der Waals surface area (Å²) >= 11 is 0. The highest BCUT2D eigenvalue weighted by Crippen LogP contribution is 2.39. The van der Waals surface area contributed by atoms with E-state index in [2.05, 4.69) is 27.7 Å². The number of piperidine rings is 1. The molecule has 1 aliphatic carbocycles. The molecule has 2 aliphatic heterocycles. The van der Waals surface area contributed by atoms with Crippen molar-refractivity contribution in [3.8, 4) is 0 Å². The van der Waals surface area contributed by atoms with Gasteiger partial charge in [-0.05, 0) is 49.2 Å². The zero-order valence-electron chi connectivity index (χ0n) is 17.9. The molecule has 5 rings (SSSR count). The lowest BCUT2D eigenvalue weighted by Crippen LogP contribution is -2.54. The molecule has 1 fully saturated rings. The third-order valence-electron chi connectivity index (χ3n) is 6.81. The number of nitrogens with one attached hydrogen (secondary N) is 2. The molecular weight excluding hydrogens is 408 g/mol. The molecule has 0 saturated carbocycles. The summed E-state index contributed by atoms with van der Waals surface area (Å²) in [4.78, 5) is 53.0. The first kappa shape index (κ1) is 20.4. The van der Waals surface area contributed by atoms with Crippen LogP contribution >= 0.6 is 0 Å². The van der Waals surface area contributed by atoms with Crippen LogP contribution in [0.3, 0.4) is 0 Å². The molecule has 32 heavy (non-hydrogen) atoms. The molecule has 2 N–H and O–H groups in total. The van der Waals surface area contributed by atoms with Gasteiger partial charge in [0, 0.05) is 25.2 Å². The van der Waals surface area contributed by atoms with Crippen LogP contribution in [0, 0.1) is 0 Å². The Bertz CT molecular complexity index is 1160. The van der Waals surface area contributed by atoms with Crippen molar-refractivity contribution < 1.29 is 19.2 Å². The second-order valence-electron chi connectivity index (χ2n) is 8.53. The van der Waals surface area contributed by atoms with E-state index in [1.54, 1.807) is 12.1 Å². The molecule has 164 valence electrons. The zero-order chi connectivity index (χ0) is 22.6. The number of hydrogen-bond donors (Lipinski definition) is 2. The Kier molecular flexibility index (Phi) is 4.82. The first-order chi connectivity index (χ1) is 15.4. The van der Waals surface area contributed by atoms with E-state index < -0.39 is 23.8 Å². The van der Waals surface area contributed by atoms with Gasteiger partial charge >= 0.3 is 0 Å². The van der Waals surface area contributed by atoms with Crippen LogP contribution in [0.5, 0.6) is 0 Å². The average Bonchev–Trinajstić information content (AvgIpc) is 3.28. The van der Waals surface area contributed by atoms with Crippen molar-refractivity contribution >= 4 is 29.3 Å². The van der Waals surface area contributed by atoms with Gasteiger partial charge in [-0.1, -0.05) is 24.3 Å². The minimum atomic E-state index is -0.961. The molecule has 0 bridgehead atoms. The number of carbonyl (C=O) groups excluding carboxylic acids is 4. The first-order valence-electron chi connectivity index (χ1n) is 10.7. The maximum atomic E-state index is 13.2. The number of anilines is 1. The number of imide groups is 2. The molecule has 2 aromatic carbocycles. The van der Waals surface area contributed by atoms with E-state index in [4.69, 9.17) is 0 Å². The smallest absolute Gasteiger partial charge is 0.262 e. The highest BCUT2D eigenvalue weighted by Gasteiger charge is 2.45. The van der Waals surface area contributed by atoms with E-state index >= 15 is 0 Å². The summed E-state index contributed by atoms with van der Waals surface area (Å²) in [7, 11) is 3.93. The summed E-state index contributed by atoms with van der Waals surface area (Å²) in [6, 6.07) is 12.9. The van der Waals surface area contributed by atoms with Gasteiger partial charge in [0.05, 0.1) is 17.2 Å². The first-order valence-corrected chi connectivity index (χ1v) is 10.7. The lowest BCUT2D eigenvalue weighted by molar-refractivity contribution is -0.136. The molecule has 3 atom stereocenters. The van der Waals surface area contributed by atoms with Crippen LogP contribution < -0.4 is 15.5 Å². The summed E-state index contributed by atoms with van der Waals surface area (Å²) in [5.74, 6) is -1.98. The van der Waals surface area contributed by atoms with Gasteiger partial charge in [0.2, 0.25) is 11.8 Å². The highest BCUT2D eigenvalue weighted by molar-refractivity contribution is 6.23. The van der Waals surface area contributed by atoms with Gasteiger partial charge in [-0.25, -0.2) is 0 Å². The van der Waals surface area contributed by atoms with Crippen LogP contribution in [-0.4, -0.2) is 54.7 Å². The van der Waals surface area contributed by atoms with Crippen LogP contribution in [0.25, 0.3) is 0 Å². The number of benzene rings is 2. The number of rotatable bonds is 4. The van der Waals surface area contributed by atoms with Crippen molar-refractivity contribution in [3.05, 3.63) is 64.7 Å². The van der Waals surface area contributed by atoms with Crippen molar-refractivity contribution in [2.75, 3.05) is 19.0 Å². The zero-order valence-corrected chi connectivity index (χ0v) is 17.9. The van der Waals surface area contributed by atoms with Gasteiger partial charge < -0.3 is 10.2 Å². The maximum Gasteiger partial charge on any atom is 0.262 e. The van der Waals surface area contributed by atoms with E-state index in [0.717, 1.165) is 17.0 Å². The van der Waals surface area contributed by atoms with Crippen molar-refractivity contribution in [2.24, 2.45) is 0 Å². The van der Waals surface area contributed by atoms with E-state index in [0.29, 0.717) is 0 Å².